The Morgan fingerprint density at radius 3 is 2.60 bits per heavy atom. The fourth-order valence-corrected chi connectivity index (χ4v) is 1.10. The summed E-state index contributed by atoms with van der Waals surface area (Å²) >= 11 is 0. The predicted octanol–water partition coefficient (Wildman–Crippen LogP) is 0.830. The first kappa shape index (κ1) is 10.2. The van der Waals surface area contributed by atoms with Crippen LogP contribution >= 0.6 is 0 Å². The summed E-state index contributed by atoms with van der Waals surface area (Å²) in [5.74, 6) is 0.274. The molecule has 0 bridgehead atoms. The van der Waals surface area contributed by atoms with E-state index >= 15 is 0 Å². The molecular weight excluding hydrogens is 222 g/mol. The van der Waals surface area contributed by atoms with Crippen LogP contribution in [-0.2, 0) is 27.2 Å². The van der Waals surface area contributed by atoms with E-state index in [1.165, 1.54) is 0 Å². The van der Waals surface area contributed by atoms with Gasteiger partial charge in [-0.2, -0.15) is 0 Å². The van der Waals surface area contributed by atoms with Crippen LogP contribution in [0.2, 0.25) is 0 Å². The van der Waals surface area contributed by atoms with Crippen LogP contribution in [0.25, 0.3) is 0 Å². The number of likely N-dealkylation sites (tertiary alicyclic amines) is 1. The van der Waals surface area contributed by atoms with Crippen LogP contribution in [0.1, 0.15) is 19.3 Å². The number of hydrogen-bond donors (Lipinski definition) is 0. The third-order valence-electron chi connectivity index (χ3n) is 1.69. The second-order valence-corrected chi connectivity index (χ2v) is 2.34. The van der Waals surface area contributed by atoms with E-state index in [4.69, 9.17) is 0 Å². The Kier molecular flexibility index (Phi) is 5.04. The Morgan fingerprint density at radius 2 is 2.20 bits per heavy atom. The molecule has 0 N–H and O–H groups in total. The van der Waals surface area contributed by atoms with Gasteiger partial charge in [-0.1, -0.05) is 0 Å². The molecule has 0 aromatic rings. The molecule has 1 amide bonds. The van der Waals surface area contributed by atoms with E-state index in [-0.39, 0.29) is 28.3 Å². The molecule has 62 valence electrons. The smallest absolute Gasteiger partial charge is 0.373 e. The molecule has 1 saturated heterocycles. The quantitative estimate of drug-likeness (QED) is 0.486. The maximum Gasteiger partial charge on any atom is 1.00 e. The van der Waals surface area contributed by atoms with Gasteiger partial charge in [-0.3, -0.25) is 4.79 Å². The minimum absolute atomic E-state index is 0. The van der Waals surface area contributed by atoms with E-state index < -0.39 is 0 Å². The van der Waals surface area contributed by atoms with E-state index in [9.17, 15) is 4.79 Å². The third kappa shape index (κ3) is 2.45. The van der Waals surface area contributed by atoms with Crippen molar-refractivity contribution in [3.8, 4) is 0 Å². The SMILES string of the molecule is [Ag+].[CH2-]CN1CCCCC1=O. The average molecular weight is 234 g/mol. The molecule has 0 unspecified atom stereocenters. The molecule has 1 heterocycles. The molecule has 0 radical (unpaired) electrons. The summed E-state index contributed by atoms with van der Waals surface area (Å²) < 4.78 is 0. The molecule has 1 aliphatic heterocycles. The first-order chi connectivity index (χ1) is 4.34. The van der Waals surface area contributed by atoms with Gasteiger partial charge in [0.2, 0.25) is 5.91 Å². The molecule has 1 fully saturated rings. The Morgan fingerprint density at radius 1 is 1.50 bits per heavy atom. The first-order valence-electron chi connectivity index (χ1n) is 3.41. The van der Waals surface area contributed by atoms with E-state index in [1.54, 1.807) is 0 Å². The standard InChI is InChI=1S/C7H12NO.Ag/c1-2-8-6-4-3-5-7(8)9;/h1-6H2;/q-1;+1. The zero-order chi connectivity index (χ0) is 6.69. The molecule has 0 aromatic carbocycles. The molecular formula is C7H12AgNO. The summed E-state index contributed by atoms with van der Waals surface area (Å²) in [5, 5.41) is 0. The van der Waals surface area contributed by atoms with Gasteiger partial charge in [0.1, 0.15) is 0 Å². The maximum absolute atomic E-state index is 10.9. The van der Waals surface area contributed by atoms with Gasteiger partial charge < -0.3 is 11.8 Å². The van der Waals surface area contributed by atoms with Crippen LogP contribution in [0.15, 0.2) is 0 Å². The number of piperidine rings is 1. The number of rotatable bonds is 1. The van der Waals surface area contributed by atoms with Crippen molar-refractivity contribution in [2.45, 2.75) is 19.3 Å². The van der Waals surface area contributed by atoms with E-state index in [1.807, 2.05) is 4.90 Å². The zero-order valence-corrected chi connectivity index (χ0v) is 7.38. The van der Waals surface area contributed by atoms with Crippen LogP contribution in [0.5, 0.6) is 0 Å². The number of amides is 1. The topological polar surface area (TPSA) is 20.3 Å². The normalized spacial score (nSPS) is 18.5. The van der Waals surface area contributed by atoms with Gasteiger partial charge in [0, 0.05) is 13.0 Å². The van der Waals surface area contributed by atoms with Crippen LogP contribution in [-0.4, -0.2) is 23.9 Å². The second-order valence-electron chi connectivity index (χ2n) is 2.34. The third-order valence-corrected chi connectivity index (χ3v) is 1.69. The van der Waals surface area contributed by atoms with E-state index in [2.05, 4.69) is 6.92 Å². The van der Waals surface area contributed by atoms with Crippen LogP contribution in [0.4, 0.5) is 0 Å². The van der Waals surface area contributed by atoms with E-state index in [0.29, 0.717) is 6.54 Å². The van der Waals surface area contributed by atoms with Crippen molar-refractivity contribution in [1.82, 2.24) is 4.90 Å². The molecule has 0 spiro atoms. The van der Waals surface area contributed by atoms with E-state index in [0.717, 1.165) is 25.8 Å². The minimum Gasteiger partial charge on any atom is -0.373 e. The summed E-state index contributed by atoms with van der Waals surface area (Å²) in [6, 6.07) is 0. The molecule has 1 rings (SSSR count). The molecule has 3 heteroatoms. The Bertz CT molecular complexity index is 116. The van der Waals surface area contributed by atoms with Gasteiger partial charge >= 0.3 is 22.4 Å². The predicted molar refractivity (Wildman–Crippen MR) is 35.8 cm³/mol. The molecule has 0 aromatic heterocycles. The fourth-order valence-electron chi connectivity index (χ4n) is 1.10. The van der Waals surface area contributed by atoms with Crippen molar-refractivity contribution in [3.63, 3.8) is 0 Å². The summed E-state index contributed by atoms with van der Waals surface area (Å²) in [6.45, 7) is 5.22. The van der Waals surface area contributed by atoms with Crippen molar-refractivity contribution in [1.29, 1.82) is 0 Å². The summed E-state index contributed by atoms with van der Waals surface area (Å²) in [7, 11) is 0. The maximum atomic E-state index is 10.9. The van der Waals surface area contributed by atoms with Gasteiger partial charge in [0.15, 0.2) is 0 Å². The Labute approximate surface area is 77.5 Å². The molecule has 1 aliphatic rings. The van der Waals surface area contributed by atoms with Gasteiger partial charge in [-0.25, -0.2) is 0 Å². The fraction of sp³-hybridized carbons (Fsp3) is 0.714. The van der Waals surface area contributed by atoms with Gasteiger partial charge in [-0.05, 0) is 12.8 Å². The largest absolute Gasteiger partial charge is 1.00 e. The molecule has 0 aliphatic carbocycles. The van der Waals surface area contributed by atoms with Crippen molar-refractivity contribution in [3.05, 3.63) is 6.92 Å². The number of carbonyl (C=O) groups excluding carboxylic acids is 1. The number of carbonyl (C=O) groups is 1. The zero-order valence-electron chi connectivity index (χ0n) is 5.90. The van der Waals surface area contributed by atoms with Crippen molar-refractivity contribution in [2.75, 3.05) is 13.1 Å². The molecule has 0 saturated carbocycles. The van der Waals surface area contributed by atoms with Gasteiger partial charge in [0.05, 0.1) is 0 Å². The van der Waals surface area contributed by atoms with Crippen LogP contribution < -0.4 is 0 Å². The molecule has 10 heavy (non-hydrogen) atoms. The summed E-state index contributed by atoms with van der Waals surface area (Å²) in [5.41, 5.74) is 0. The Balaban J connectivity index is 0.000000810. The summed E-state index contributed by atoms with van der Waals surface area (Å²) in [6.07, 6.45) is 2.95. The summed E-state index contributed by atoms with van der Waals surface area (Å²) in [4.78, 5) is 12.7. The van der Waals surface area contributed by atoms with Crippen molar-refractivity contribution < 1.29 is 27.2 Å². The van der Waals surface area contributed by atoms with Gasteiger partial charge in [-0.15, -0.1) is 6.54 Å². The van der Waals surface area contributed by atoms with Crippen LogP contribution in [0.3, 0.4) is 0 Å². The first-order valence-corrected chi connectivity index (χ1v) is 3.41. The van der Waals surface area contributed by atoms with Crippen LogP contribution in [0, 0.1) is 6.92 Å². The average Bonchev–Trinajstić information content (AvgIpc) is 1.89. The Hall–Kier alpha value is 0.210. The number of nitrogens with zero attached hydrogens (tertiary/aromatic N) is 1. The van der Waals surface area contributed by atoms with Gasteiger partial charge in [0.25, 0.3) is 0 Å². The number of hydrogen-bond acceptors (Lipinski definition) is 1. The second kappa shape index (κ2) is 4.94. The van der Waals surface area contributed by atoms with Crippen molar-refractivity contribution >= 4 is 5.91 Å². The molecule has 2 nitrogen and oxygen atoms in total. The monoisotopic (exact) mass is 233 g/mol. The van der Waals surface area contributed by atoms with Crippen molar-refractivity contribution in [2.24, 2.45) is 0 Å². The molecule has 0 atom stereocenters. The minimum atomic E-state index is 0.